The number of alkyl halides is 3. The Bertz CT molecular complexity index is 616. The van der Waals surface area contributed by atoms with Crippen LogP contribution in [-0.2, 0) is 9.53 Å². The van der Waals surface area contributed by atoms with Crippen LogP contribution in [0.15, 0.2) is 30.3 Å². The molecular weight excluding hydrogens is 303 g/mol. The molecular formula is C13H13F3N3O3+. The van der Waals surface area contributed by atoms with Gasteiger partial charge in [0.1, 0.15) is 0 Å². The highest BCUT2D eigenvalue weighted by molar-refractivity contribution is 6.10. The molecule has 9 heteroatoms. The average molecular weight is 316 g/mol. The van der Waals surface area contributed by atoms with Crippen LogP contribution in [0.2, 0.25) is 0 Å². The normalized spacial score (nSPS) is 21.1. The predicted octanol–water partition coefficient (Wildman–Crippen LogP) is -0.352. The number of rotatable bonds is 3. The van der Waals surface area contributed by atoms with Gasteiger partial charge < -0.3 is 4.74 Å². The zero-order valence-corrected chi connectivity index (χ0v) is 11.5. The van der Waals surface area contributed by atoms with Crippen molar-refractivity contribution < 1.29 is 32.5 Å². The monoisotopic (exact) mass is 316 g/mol. The molecule has 1 aromatic carbocycles. The fourth-order valence-electron chi connectivity index (χ4n) is 1.91. The number of hydrogen-bond acceptors (Lipinski definition) is 3. The summed E-state index contributed by atoms with van der Waals surface area (Å²) in [5.74, 6) is -1.59. The molecule has 0 saturated heterocycles. The van der Waals surface area contributed by atoms with E-state index in [1.807, 2.05) is 4.99 Å². The largest absolute Gasteiger partial charge is 0.465 e. The third kappa shape index (κ3) is 2.74. The SMILES string of the molecule is CCOC(=O)N[C@@]1(C(F)(F)F)[NH+]=C(c2ccccc2)NC1=O. The summed E-state index contributed by atoms with van der Waals surface area (Å²) in [6.45, 7) is 1.31. The molecule has 1 atom stereocenters. The molecule has 6 nitrogen and oxygen atoms in total. The second-order valence-electron chi connectivity index (χ2n) is 4.41. The molecule has 22 heavy (non-hydrogen) atoms. The molecule has 1 heterocycles. The number of carbonyl (C=O) groups is 2. The summed E-state index contributed by atoms with van der Waals surface area (Å²) < 4.78 is 44.5. The molecule has 0 aliphatic carbocycles. The summed E-state index contributed by atoms with van der Waals surface area (Å²) in [5.41, 5.74) is -2.93. The van der Waals surface area contributed by atoms with E-state index in [0.29, 0.717) is 5.56 Å². The van der Waals surface area contributed by atoms with Crippen LogP contribution in [0.5, 0.6) is 0 Å². The van der Waals surface area contributed by atoms with E-state index in [1.165, 1.54) is 19.1 Å². The molecule has 0 unspecified atom stereocenters. The zero-order valence-electron chi connectivity index (χ0n) is 11.5. The average Bonchev–Trinajstić information content (AvgIpc) is 2.78. The molecule has 1 aliphatic heterocycles. The van der Waals surface area contributed by atoms with Gasteiger partial charge in [-0.25, -0.2) is 19.9 Å². The van der Waals surface area contributed by atoms with Crippen LogP contribution in [0.3, 0.4) is 0 Å². The zero-order chi connectivity index (χ0) is 16.4. The summed E-state index contributed by atoms with van der Waals surface area (Å²) in [7, 11) is 0. The van der Waals surface area contributed by atoms with E-state index < -0.39 is 23.8 Å². The van der Waals surface area contributed by atoms with Crippen LogP contribution in [0.25, 0.3) is 0 Å². The quantitative estimate of drug-likeness (QED) is 0.713. The molecule has 2 amide bonds. The highest BCUT2D eigenvalue weighted by Crippen LogP contribution is 2.26. The lowest BCUT2D eigenvalue weighted by molar-refractivity contribution is -0.581. The van der Waals surface area contributed by atoms with Gasteiger partial charge in [0.2, 0.25) is 0 Å². The molecule has 0 saturated carbocycles. The van der Waals surface area contributed by atoms with Gasteiger partial charge >= 0.3 is 23.8 Å². The minimum Gasteiger partial charge on any atom is -0.450 e. The molecule has 0 fully saturated rings. The molecule has 0 aromatic heterocycles. The number of amides is 2. The summed E-state index contributed by atoms with van der Waals surface area (Å²) in [6, 6.07) is 7.90. The van der Waals surface area contributed by atoms with E-state index in [4.69, 9.17) is 0 Å². The summed E-state index contributed by atoms with van der Waals surface area (Å²) in [4.78, 5) is 25.3. The van der Waals surface area contributed by atoms with E-state index in [2.05, 4.69) is 10.1 Å². The lowest BCUT2D eigenvalue weighted by atomic mass is 10.1. The highest BCUT2D eigenvalue weighted by atomic mass is 19.4. The lowest BCUT2D eigenvalue weighted by Gasteiger charge is -2.22. The van der Waals surface area contributed by atoms with Gasteiger partial charge in [0.15, 0.2) is 0 Å². The van der Waals surface area contributed by atoms with Crippen molar-refractivity contribution in [3.63, 3.8) is 0 Å². The van der Waals surface area contributed by atoms with Crippen molar-refractivity contribution in [2.75, 3.05) is 6.61 Å². The van der Waals surface area contributed by atoms with Gasteiger partial charge in [0.25, 0.3) is 5.84 Å². The molecule has 118 valence electrons. The number of halogens is 3. The fourth-order valence-corrected chi connectivity index (χ4v) is 1.91. The molecule has 0 spiro atoms. The van der Waals surface area contributed by atoms with Crippen molar-refractivity contribution >= 4 is 17.8 Å². The van der Waals surface area contributed by atoms with Crippen LogP contribution in [0.4, 0.5) is 18.0 Å². The maximum absolute atomic E-state index is 13.3. The Morgan fingerprint density at radius 3 is 2.55 bits per heavy atom. The topological polar surface area (TPSA) is 81.4 Å². The minimum absolute atomic E-state index is 0.128. The Labute approximate surface area is 123 Å². The lowest BCUT2D eigenvalue weighted by Crippen LogP contribution is -2.96. The van der Waals surface area contributed by atoms with Crippen molar-refractivity contribution in [1.82, 2.24) is 10.6 Å². The van der Waals surface area contributed by atoms with Crippen LogP contribution >= 0.6 is 0 Å². The fraction of sp³-hybridized carbons (Fsp3) is 0.308. The van der Waals surface area contributed by atoms with Gasteiger partial charge in [-0.3, -0.25) is 5.32 Å². The molecule has 1 aliphatic rings. The Morgan fingerprint density at radius 2 is 2.00 bits per heavy atom. The van der Waals surface area contributed by atoms with Crippen molar-refractivity contribution in [3.8, 4) is 0 Å². The van der Waals surface area contributed by atoms with Crippen molar-refractivity contribution in [3.05, 3.63) is 35.9 Å². The Morgan fingerprint density at radius 1 is 1.36 bits per heavy atom. The number of hydrogen-bond donors (Lipinski definition) is 3. The first-order valence-corrected chi connectivity index (χ1v) is 6.34. The first-order chi connectivity index (χ1) is 10.3. The van der Waals surface area contributed by atoms with Crippen molar-refractivity contribution in [2.24, 2.45) is 0 Å². The van der Waals surface area contributed by atoms with Gasteiger partial charge in [0, 0.05) is 0 Å². The van der Waals surface area contributed by atoms with Gasteiger partial charge in [-0.05, 0) is 19.1 Å². The minimum atomic E-state index is -5.07. The number of amidine groups is 1. The number of carbonyl (C=O) groups excluding carboxylic acids is 2. The second-order valence-corrected chi connectivity index (χ2v) is 4.41. The smallest absolute Gasteiger partial charge is 0.450 e. The van der Waals surface area contributed by atoms with Crippen LogP contribution in [0, 0.1) is 0 Å². The number of benzene rings is 1. The standard InChI is InChI=1S/C13H12F3N3O3/c1-2-22-11(21)19-12(13(14,15)16)10(20)17-9(18-12)8-6-4-3-5-7-8/h3-7H,2H2,1H3,(H,19,21)(H,17,18,20)/p+1/t12-/m0/s1. The van der Waals surface area contributed by atoms with Crippen LogP contribution in [-0.4, -0.2) is 36.3 Å². The second kappa shape index (κ2) is 5.66. The van der Waals surface area contributed by atoms with E-state index >= 15 is 0 Å². The summed E-state index contributed by atoms with van der Waals surface area (Å²) >= 11 is 0. The van der Waals surface area contributed by atoms with E-state index in [0.717, 1.165) is 0 Å². The van der Waals surface area contributed by atoms with Gasteiger partial charge in [0.05, 0.1) is 12.2 Å². The molecule has 0 bridgehead atoms. The molecule has 3 N–H and O–H groups in total. The van der Waals surface area contributed by atoms with Gasteiger partial charge in [-0.15, -0.1) is 0 Å². The number of nitrogens with one attached hydrogen (secondary N) is 3. The maximum Gasteiger partial charge on any atom is 0.465 e. The van der Waals surface area contributed by atoms with Crippen LogP contribution in [0.1, 0.15) is 12.5 Å². The van der Waals surface area contributed by atoms with E-state index in [9.17, 15) is 22.8 Å². The molecule has 1 aromatic rings. The number of alkyl carbamates (subject to hydrolysis) is 1. The first kappa shape index (κ1) is 15.8. The first-order valence-electron chi connectivity index (χ1n) is 6.34. The van der Waals surface area contributed by atoms with E-state index in [-0.39, 0.29) is 12.4 Å². The maximum atomic E-state index is 13.3. The Hall–Kier alpha value is -2.58. The summed E-state index contributed by atoms with van der Waals surface area (Å²) in [6.07, 6.45) is -6.42. The van der Waals surface area contributed by atoms with Crippen LogP contribution < -0.4 is 15.6 Å². The predicted molar refractivity (Wildman–Crippen MR) is 68.6 cm³/mol. The number of ether oxygens (including phenoxy) is 1. The highest BCUT2D eigenvalue weighted by Gasteiger charge is 2.70. The van der Waals surface area contributed by atoms with Crippen molar-refractivity contribution in [1.29, 1.82) is 0 Å². The Balaban J connectivity index is 2.43. The third-order valence-corrected chi connectivity index (χ3v) is 2.94. The van der Waals surface area contributed by atoms with Gasteiger partial charge in [-0.1, -0.05) is 18.2 Å². The summed E-state index contributed by atoms with van der Waals surface area (Å²) in [5, 5.41) is 3.64. The van der Waals surface area contributed by atoms with E-state index in [1.54, 1.807) is 23.5 Å². The molecule has 0 radical (unpaired) electrons. The third-order valence-electron chi connectivity index (χ3n) is 2.94. The van der Waals surface area contributed by atoms with Gasteiger partial charge in [-0.2, -0.15) is 13.2 Å². The van der Waals surface area contributed by atoms with Crippen molar-refractivity contribution in [2.45, 2.75) is 18.8 Å². The molecule has 2 rings (SSSR count). The Kier molecular flexibility index (Phi) is 4.07.